The van der Waals surface area contributed by atoms with Crippen molar-refractivity contribution in [2.45, 2.75) is 0 Å². The molecule has 0 radical (unpaired) electrons. The average Bonchev–Trinajstić information content (AvgIpc) is 2.36. The monoisotopic (exact) mass is 237 g/mol. The van der Waals surface area contributed by atoms with Gasteiger partial charge in [0.05, 0.1) is 25.3 Å². The standard InChI is InChI=1S/C11H11NO5/c1-16-10(14)7-3-6(9(12)13)4-8(5-7)11(15)17-2/h3-5H,1-2H3,(H2,12,13). The summed E-state index contributed by atoms with van der Waals surface area (Å²) < 4.78 is 8.99. The zero-order chi connectivity index (χ0) is 13.0. The van der Waals surface area contributed by atoms with Crippen molar-refractivity contribution in [1.82, 2.24) is 0 Å². The lowest BCUT2D eigenvalue weighted by atomic mass is 10.1. The smallest absolute Gasteiger partial charge is 0.337 e. The van der Waals surface area contributed by atoms with Gasteiger partial charge in [0, 0.05) is 5.56 Å². The number of hydrogen-bond acceptors (Lipinski definition) is 5. The van der Waals surface area contributed by atoms with Crippen LogP contribution in [0.3, 0.4) is 0 Å². The van der Waals surface area contributed by atoms with Gasteiger partial charge in [-0.2, -0.15) is 0 Å². The number of carbonyl (C=O) groups excluding carboxylic acids is 3. The highest BCUT2D eigenvalue weighted by molar-refractivity contribution is 6.01. The van der Waals surface area contributed by atoms with Gasteiger partial charge >= 0.3 is 11.9 Å². The number of ether oxygens (including phenoxy) is 2. The van der Waals surface area contributed by atoms with Crippen molar-refractivity contribution in [1.29, 1.82) is 0 Å². The van der Waals surface area contributed by atoms with E-state index in [1.54, 1.807) is 0 Å². The van der Waals surface area contributed by atoms with Gasteiger partial charge in [0.1, 0.15) is 0 Å². The molecule has 17 heavy (non-hydrogen) atoms. The first kappa shape index (κ1) is 12.7. The summed E-state index contributed by atoms with van der Waals surface area (Å²) in [4.78, 5) is 33.7. The van der Waals surface area contributed by atoms with E-state index in [2.05, 4.69) is 9.47 Å². The summed E-state index contributed by atoms with van der Waals surface area (Å²) in [5, 5.41) is 0. The van der Waals surface area contributed by atoms with Crippen LogP contribution in [0.1, 0.15) is 31.1 Å². The molecule has 1 amide bonds. The highest BCUT2D eigenvalue weighted by Crippen LogP contribution is 2.12. The summed E-state index contributed by atoms with van der Waals surface area (Å²) in [5.74, 6) is -2.09. The summed E-state index contributed by atoms with van der Waals surface area (Å²) >= 11 is 0. The van der Waals surface area contributed by atoms with Gasteiger partial charge in [-0.1, -0.05) is 0 Å². The molecule has 90 valence electrons. The predicted octanol–water partition coefficient (Wildman–Crippen LogP) is 0.359. The largest absolute Gasteiger partial charge is 0.465 e. The Morgan fingerprint density at radius 3 is 1.53 bits per heavy atom. The molecule has 0 aliphatic carbocycles. The van der Waals surface area contributed by atoms with E-state index in [0.29, 0.717) is 0 Å². The van der Waals surface area contributed by atoms with Crippen LogP contribution in [0, 0.1) is 0 Å². The molecule has 6 nitrogen and oxygen atoms in total. The predicted molar refractivity (Wildman–Crippen MR) is 57.6 cm³/mol. The van der Waals surface area contributed by atoms with Gasteiger partial charge in [-0.05, 0) is 18.2 Å². The first-order valence-electron chi connectivity index (χ1n) is 4.61. The Balaban J connectivity index is 3.33. The van der Waals surface area contributed by atoms with Gasteiger partial charge in [0.15, 0.2) is 0 Å². The molecule has 6 heteroatoms. The minimum absolute atomic E-state index is 0.0355. The maximum Gasteiger partial charge on any atom is 0.337 e. The van der Waals surface area contributed by atoms with Crippen molar-refractivity contribution in [3.63, 3.8) is 0 Å². The number of methoxy groups -OCH3 is 2. The molecule has 0 heterocycles. The minimum atomic E-state index is -0.749. The van der Waals surface area contributed by atoms with E-state index < -0.39 is 17.8 Å². The lowest BCUT2D eigenvalue weighted by molar-refractivity contribution is 0.0599. The summed E-state index contributed by atoms with van der Waals surface area (Å²) in [7, 11) is 2.38. The van der Waals surface area contributed by atoms with Crippen molar-refractivity contribution in [3.05, 3.63) is 34.9 Å². The highest BCUT2D eigenvalue weighted by Gasteiger charge is 2.15. The first-order chi connectivity index (χ1) is 7.99. The van der Waals surface area contributed by atoms with Gasteiger partial charge in [0.2, 0.25) is 5.91 Å². The number of rotatable bonds is 3. The number of benzene rings is 1. The van der Waals surface area contributed by atoms with Gasteiger partial charge in [-0.25, -0.2) is 9.59 Å². The summed E-state index contributed by atoms with van der Waals surface area (Å²) in [5.41, 5.74) is 5.25. The molecule has 0 bridgehead atoms. The molecule has 0 aliphatic rings. The first-order valence-corrected chi connectivity index (χ1v) is 4.61. The average molecular weight is 237 g/mol. The van der Waals surface area contributed by atoms with E-state index in [0.717, 1.165) is 0 Å². The van der Waals surface area contributed by atoms with Crippen LogP contribution in [0.2, 0.25) is 0 Å². The number of carbonyl (C=O) groups is 3. The molecule has 2 N–H and O–H groups in total. The van der Waals surface area contributed by atoms with Crippen LogP contribution in [0.25, 0.3) is 0 Å². The normalized spacial score (nSPS) is 9.53. The summed E-state index contributed by atoms with van der Waals surface area (Å²) in [6, 6.07) is 3.77. The number of primary amides is 1. The minimum Gasteiger partial charge on any atom is -0.465 e. The van der Waals surface area contributed by atoms with E-state index in [-0.39, 0.29) is 16.7 Å². The van der Waals surface area contributed by atoms with Crippen molar-refractivity contribution >= 4 is 17.8 Å². The lowest BCUT2D eigenvalue weighted by Crippen LogP contribution is -2.15. The van der Waals surface area contributed by atoms with Gasteiger partial charge in [0.25, 0.3) is 0 Å². The van der Waals surface area contributed by atoms with Gasteiger partial charge in [-0.3, -0.25) is 4.79 Å². The summed E-state index contributed by atoms with van der Waals surface area (Å²) in [6.07, 6.45) is 0. The second kappa shape index (κ2) is 5.11. The molecule has 0 aliphatic heterocycles. The van der Waals surface area contributed by atoms with E-state index >= 15 is 0 Å². The van der Waals surface area contributed by atoms with Crippen molar-refractivity contribution in [3.8, 4) is 0 Å². The molecule has 0 fully saturated rings. The van der Waals surface area contributed by atoms with Crippen LogP contribution in [0.5, 0.6) is 0 Å². The van der Waals surface area contributed by atoms with Crippen LogP contribution in [-0.2, 0) is 9.47 Å². The Hall–Kier alpha value is -2.37. The second-order valence-electron chi connectivity index (χ2n) is 3.15. The molecule has 1 aromatic carbocycles. The molecule has 0 spiro atoms. The molecule has 0 unspecified atom stereocenters. The zero-order valence-corrected chi connectivity index (χ0v) is 9.35. The molecular formula is C11H11NO5. The third kappa shape index (κ3) is 2.81. The van der Waals surface area contributed by atoms with E-state index in [1.165, 1.54) is 32.4 Å². The highest BCUT2D eigenvalue weighted by atomic mass is 16.5. The fourth-order valence-corrected chi connectivity index (χ4v) is 1.24. The van der Waals surface area contributed by atoms with E-state index in [1.807, 2.05) is 0 Å². The fraction of sp³-hybridized carbons (Fsp3) is 0.182. The van der Waals surface area contributed by atoms with Crippen LogP contribution in [-0.4, -0.2) is 32.1 Å². The molecule has 0 atom stereocenters. The Bertz CT molecular complexity index is 447. The van der Waals surface area contributed by atoms with Crippen LogP contribution in [0.15, 0.2) is 18.2 Å². The van der Waals surface area contributed by atoms with Crippen molar-refractivity contribution in [2.24, 2.45) is 5.73 Å². The Morgan fingerprint density at radius 2 is 1.24 bits per heavy atom. The molecule has 1 aromatic rings. The Morgan fingerprint density at radius 1 is 0.882 bits per heavy atom. The molecule has 0 aromatic heterocycles. The lowest BCUT2D eigenvalue weighted by Gasteiger charge is -2.05. The molecule has 0 saturated carbocycles. The third-order valence-corrected chi connectivity index (χ3v) is 2.06. The second-order valence-corrected chi connectivity index (χ2v) is 3.15. The summed E-state index contributed by atoms with van der Waals surface area (Å²) in [6.45, 7) is 0. The van der Waals surface area contributed by atoms with Crippen LogP contribution >= 0.6 is 0 Å². The quantitative estimate of drug-likeness (QED) is 0.765. The third-order valence-electron chi connectivity index (χ3n) is 2.06. The topological polar surface area (TPSA) is 95.7 Å². The van der Waals surface area contributed by atoms with Crippen LogP contribution < -0.4 is 5.73 Å². The maximum absolute atomic E-state index is 11.3. The Labute approximate surface area is 97.3 Å². The molecular weight excluding hydrogens is 226 g/mol. The SMILES string of the molecule is COC(=O)c1cc(C(N)=O)cc(C(=O)OC)c1. The Kier molecular flexibility index (Phi) is 3.82. The van der Waals surface area contributed by atoms with E-state index in [9.17, 15) is 14.4 Å². The van der Waals surface area contributed by atoms with Gasteiger partial charge < -0.3 is 15.2 Å². The number of hydrogen-bond donors (Lipinski definition) is 1. The maximum atomic E-state index is 11.3. The van der Waals surface area contributed by atoms with Crippen molar-refractivity contribution < 1.29 is 23.9 Å². The zero-order valence-electron chi connectivity index (χ0n) is 9.35. The van der Waals surface area contributed by atoms with Crippen molar-refractivity contribution in [2.75, 3.05) is 14.2 Å². The van der Waals surface area contributed by atoms with Crippen LogP contribution in [0.4, 0.5) is 0 Å². The molecule has 1 rings (SSSR count). The number of amides is 1. The number of nitrogens with two attached hydrogens (primary N) is 1. The van der Waals surface area contributed by atoms with Gasteiger partial charge in [-0.15, -0.1) is 0 Å². The van der Waals surface area contributed by atoms with E-state index in [4.69, 9.17) is 5.73 Å². The number of esters is 2. The molecule has 0 saturated heterocycles. The fourth-order valence-electron chi connectivity index (χ4n) is 1.24.